The molecule has 0 aliphatic heterocycles. The fraction of sp³-hybridized carbons (Fsp3) is 0.156. The van der Waals surface area contributed by atoms with Crippen LogP contribution < -0.4 is 5.32 Å². The molecule has 5 aromatic rings. The Morgan fingerprint density at radius 1 is 0.950 bits per heavy atom. The Labute approximate surface area is 230 Å². The van der Waals surface area contributed by atoms with Gasteiger partial charge < -0.3 is 4.98 Å². The number of nitro groups is 1. The number of anilines is 1. The zero-order valence-electron chi connectivity index (χ0n) is 21.7. The van der Waals surface area contributed by atoms with Crippen molar-refractivity contribution in [2.45, 2.75) is 24.8 Å². The van der Waals surface area contributed by atoms with Crippen LogP contribution in [0.2, 0.25) is 0 Å². The zero-order valence-corrected chi connectivity index (χ0v) is 21.7. The lowest BCUT2D eigenvalue weighted by Crippen LogP contribution is -2.57. The van der Waals surface area contributed by atoms with Gasteiger partial charge >= 0.3 is 0 Å². The van der Waals surface area contributed by atoms with E-state index in [0.29, 0.717) is 22.8 Å². The second kappa shape index (κ2) is 8.71. The first kappa shape index (κ1) is 24.0. The van der Waals surface area contributed by atoms with Crippen molar-refractivity contribution in [2.24, 2.45) is 5.41 Å². The van der Waals surface area contributed by atoms with Crippen molar-refractivity contribution in [1.29, 1.82) is 0 Å². The third-order valence-electron chi connectivity index (χ3n) is 8.49. The van der Waals surface area contributed by atoms with Gasteiger partial charge in [0, 0.05) is 58.1 Å². The summed E-state index contributed by atoms with van der Waals surface area (Å²) in [5.74, 6) is -0.337. The highest BCUT2D eigenvalue weighted by Gasteiger charge is 2.67. The summed E-state index contributed by atoms with van der Waals surface area (Å²) >= 11 is 0. The van der Waals surface area contributed by atoms with Crippen LogP contribution in [0.1, 0.15) is 41.5 Å². The first-order valence-electron chi connectivity index (χ1n) is 13.1. The molecule has 2 N–H and O–H groups in total. The van der Waals surface area contributed by atoms with Crippen LogP contribution in [0, 0.1) is 15.5 Å². The Morgan fingerprint density at radius 2 is 1.62 bits per heavy atom. The summed E-state index contributed by atoms with van der Waals surface area (Å²) in [6, 6.07) is 26.7. The fourth-order valence-electron chi connectivity index (χ4n) is 6.72. The van der Waals surface area contributed by atoms with Crippen molar-refractivity contribution < 1.29 is 9.72 Å². The van der Waals surface area contributed by atoms with Gasteiger partial charge in [0.05, 0.1) is 11.1 Å². The molecule has 40 heavy (non-hydrogen) atoms. The highest BCUT2D eigenvalue weighted by molar-refractivity contribution is 5.96. The lowest BCUT2D eigenvalue weighted by molar-refractivity contribution is -0.573. The lowest BCUT2D eigenvalue weighted by atomic mass is 9.49. The van der Waals surface area contributed by atoms with E-state index in [1.165, 1.54) is 0 Å². The number of nitrogens with one attached hydrogen (secondary N) is 2. The number of pyridine rings is 1. The largest absolute Gasteiger partial charge is 0.330 e. The number of aromatic amines is 1. The summed E-state index contributed by atoms with van der Waals surface area (Å²) in [5.41, 5.74) is 3.97. The number of carbonyl (C=O) groups excluding carboxylic acids is 1. The van der Waals surface area contributed by atoms with Gasteiger partial charge in [-0.3, -0.25) is 25.2 Å². The van der Waals surface area contributed by atoms with Crippen molar-refractivity contribution in [2.75, 3.05) is 5.32 Å². The summed E-state index contributed by atoms with van der Waals surface area (Å²) < 4.78 is 0. The van der Waals surface area contributed by atoms with E-state index in [1.807, 2.05) is 98.0 Å². The summed E-state index contributed by atoms with van der Waals surface area (Å²) in [7, 11) is 0. The third kappa shape index (κ3) is 3.35. The number of imidazole rings is 1. The van der Waals surface area contributed by atoms with Gasteiger partial charge in [0.1, 0.15) is 0 Å². The van der Waals surface area contributed by atoms with Gasteiger partial charge in [-0.2, -0.15) is 0 Å². The van der Waals surface area contributed by atoms with E-state index in [2.05, 4.69) is 20.3 Å². The number of aromatic nitrogens is 3. The number of H-pyrrole nitrogens is 1. The van der Waals surface area contributed by atoms with Crippen LogP contribution in [0.4, 0.5) is 5.95 Å². The second-order valence-electron chi connectivity index (χ2n) is 10.7. The van der Waals surface area contributed by atoms with Crippen LogP contribution in [0.15, 0.2) is 104 Å². The van der Waals surface area contributed by atoms with E-state index >= 15 is 0 Å². The maximum Gasteiger partial charge on any atom is 0.273 e. The molecule has 196 valence electrons. The number of carbonyl (C=O) groups is 1. The van der Waals surface area contributed by atoms with Gasteiger partial charge in [-0.1, -0.05) is 72.8 Å². The van der Waals surface area contributed by atoms with Crippen molar-refractivity contribution in [3.8, 4) is 22.4 Å². The number of rotatable bonds is 5. The molecule has 2 aromatic heterocycles. The summed E-state index contributed by atoms with van der Waals surface area (Å²) in [6.07, 6.45) is 5.34. The standard InChI is InChI=1S/C32H25N5O3/c1-31(19-32(37(39)40)25-13-4-2-11-23(25)28(31)24-12-3-5-14-26(24)32)29(38)36-30-34-18-27(35-30)21-9-6-8-20(16-21)22-10-7-15-33-17-22/h2-18,28H,19H2,1H3,(H2,34,35,36,38). The molecular formula is C32H25N5O3. The first-order valence-corrected chi connectivity index (χ1v) is 13.1. The normalized spacial score (nSPS) is 22.3. The molecule has 0 radical (unpaired) electrons. The SMILES string of the molecule is CC1(C(=O)Nc2nc(-c3cccc(-c4cccnc4)c3)c[nH]2)CC2([N+](=O)[O-])c3ccccc3C1c1ccccc12. The van der Waals surface area contributed by atoms with Gasteiger partial charge in [0.15, 0.2) is 0 Å². The molecule has 2 bridgehead atoms. The van der Waals surface area contributed by atoms with Gasteiger partial charge in [-0.15, -0.1) is 0 Å². The molecule has 3 aliphatic rings. The predicted molar refractivity (Wildman–Crippen MR) is 151 cm³/mol. The Bertz CT molecular complexity index is 1750. The second-order valence-corrected chi connectivity index (χ2v) is 10.7. The molecule has 0 fully saturated rings. The van der Waals surface area contributed by atoms with E-state index in [1.54, 1.807) is 12.4 Å². The Hall–Kier alpha value is -5.11. The molecule has 0 saturated carbocycles. The molecule has 8 heteroatoms. The number of nitrogens with zero attached hydrogens (tertiary/aromatic N) is 3. The van der Waals surface area contributed by atoms with Crippen molar-refractivity contribution in [3.05, 3.63) is 136 Å². The van der Waals surface area contributed by atoms with Gasteiger partial charge in [0.25, 0.3) is 5.54 Å². The van der Waals surface area contributed by atoms with E-state index < -0.39 is 11.0 Å². The Morgan fingerprint density at radius 3 is 2.30 bits per heavy atom. The number of benzene rings is 3. The molecule has 1 atom stereocenters. The van der Waals surface area contributed by atoms with Crippen molar-refractivity contribution >= 4 is 11.9 Å². The average molecular weight is 528 g/mol. The highest BCUT2D eigenvalue weighted by Crippen LogP contribution is 2.63. The summed E-state index contributed by atoms with van der Waals surface area (Å²) in [5, 5.41) is 15.8. The number of hydrogen-bond acceptors (Lipinski definition) is 5. The van der Waals surface area contributed by atoms with Crippen LogP contribution in [0.3, 0.4) is 0 Å². The summed E-state index contributed by atoms with van der Waals surface area (Å²) in [6.45, 7) is 1.83. The third-order valence-corrected chi connectivity index (χ3v) is 8.49. The minimum absolute atomic E-state index is 0.0538. The van der Waals surface area contributed by atoms with E-state index in [-0.39, 0.29) is 23.2 Å². The number of fused-ring (bicyclic) bond motifs is 1. The lowest BCUT2D eigenvalue weighted by Gasteiger charge is -2.52. The van der Waals surface area contributed by atoms with Crippen LogP contribution in [-0.2, 0) is 10.3 Å². The highest BCUT2D eigenvalue weighted by atomic mass is 16.6. The van der Waals surface area contributed by atoms with Crippen LogP contribution in [0.25, 0.3) is 22.4 Å². The molecule has 1 amide bonds. The molecule has 8 rings (SSSR count). The topological polar surface area (TPSA) is 114 Å². The smallest absolute Gasteiger partial charge is 0.273 e. The van der Waals surface area contributed by atoms with Crippen molar-refractivity contribution in [1.82, 2.24) is 15.0 Å². The molecule has 2 heterocycles. The molecule has 1 unspecified atom stereocenters. The molecule has 3 aromatic carbocycles. The average Bonchev–Trinajstić information content (AvgIpc) is 3.46. The van der Waals surface area contributed by atoms with Gasteiger partial charge in [-0.25, -0.2) is 4.98 Å². The molecule has 8 nitrogen and oxygen atoms in total. The molecule has 0 spiro atoms. The van der Waals surface area contributed by atoms with Crippen LogP contribution in [-0.4, -0.2) is 25.8 Å². The van der Waals surface area contributed by atoms with Crippen LogP contribution in [0.5, 0.6) is 0 Å². The van der Waals surface area contributed by atoms with Crippen molar-refractivity contribution in [3.63, 3.8) is 0 Å². The minimum Gasteiger partial charge on any atom is -0.330 e. The van der Waals surface area contributed by atoms with E-state index in [0.717, 1.165) is 27.8 Å². The molecule has 3 aliphatic carbocycles. The molecule has 0 saturated heterocycles. The minimum atomic E-state index is -1.50. The zero-order chi connectivity index (χ0) is 27.5. The molecular weight excluding hydrogens is 502 g/mol. The first-order chi connectivity index (χ1) is 19.4. The van der Waals surface area contributed by atoms with E-state index in [4.69, 9.17) is 0 Å². The maximum absolute atomic E-state index is 14.0. The maximum atomic E-state index is 14.0. The van der Waals surface area contributed by atoms with Gasteiger partial charge in [0.2, 0.25) is 11.9 Å². The fourth-order valence-corrected chi connectivity index (χ4v) is 6.72. The number of hydrogen-bond donors (Lipinski definition) is 2. The summed E-state index contributed by atoms with van der Waals surface area (Å²) in [4.78, 5) is 38.6. The monoisotopic (exact) mass is 527 g/mol. The van der Waals surface area contributed by atoms with Gasteiger partial charge in [-0.05, 0) is 35.7 Å². The predicted octanol–water partition coefficient (Wildman–Crippen LogP) is 6.15. The Balaban J connectivity index is 1.24. The van der Waals surface area contributed by atoms with Crippen LogP contribution >= 0.6 is 0 Å². The number of amides is 1. The van der Waals surface area contributed by atoms with E-state index in [9.17, 15) is 14.9 Å². The quantitative estimate of drug-likeness (QED) is 0.210. The Kier molecular flexibility index (Phi) is 5.22.